The van der Waals surface area contributed by atoms with Crippen LogP contribution < -0.4 is 10.6 Å². The largest absolute Gasteiger partial charge is 0.374 e. The summed E-state index contributed by atoms with van der Waals surface area (Å²) in [6, 6.07) is 12.0. The summed E-state index contributed by atoms with van der Waals surface area (Å²) in [5.74, 6) is -0.964. The molecular weight excluding hydrogens is 446 g/mol. The lowest BCUT2D eigenvalue weighted by Gasteiger charge is -2.37. The highest BCUT2D eigenvalue weighted by molar-refractivity contribution is 7.89. The molecule has 0 saturated carbocycles. The van der Waals surface area contributed by atoms with Crippen molar-refractivity contribution in [1.82, 2.24) is 14.9 Å². The second-order valence-electron chi connectivity index (χ2n) is 8.18. The molecule has 9 heteroatoms. The van der Waals surface area contributed by atoms with Gasteiger partial charge in [0.2, 0.25) is 10.0 Å². The highest BCUT2D eigenvalue weighted by atomic mass is 32.2. The summed E-state index contributed by atoms with van der Waals surface area (Å²) in [5, 5.41) is 13.8. The Morgan fingerprint density at radius 2 is 1.94 bits per heavy atom. The van der Waals surface area contributed by atoms with E-state index < -0.39 is 32.9 Å². The van der Waals surface area contributed by atoms with Crippen molar-refractivity contribution in [3.05, 3.63) is 82.7 Å². The number of sulfonamides is 1. The fourth-order valence-electron chi connectivity index (χ4n) is 4.14. The summed E-state index contributed by atoms with van der Waals surface area (Å²) in [5.41, 5.74) is 0.753. The van der Waals surface area contributed by atoms with Crippen LogP contribution in [0, 0.1) is 23.0 Å². The lowest BCUT2D eigenvalue weighted by molar-refractivity contribution is 0.278. The van der Waals surface area contributed by atoms with E-state index in [-0.39, 0.29) is 23.7 Å². The third-order valence-electron chi connectivity index (χ3n) is 6.00. The predicted molar refractivity (Wildman–Crippen MR) is 123 cm³/mol. The molecule has 2 aromatic rings. The molecule has 1 aliphatic rings. The Labute approximate surface area is 194 Å². The molecule has 3 rings (SSSR count). The molecular formula is C24H28F2N4O2S. The van der Waals surface area contributed by atoms with Gasteiger partial charge in [0.1, 0.15) is 22.7 Å². The zero-order valence-corrected chi connectivity index (χ0v) is 19.7. The number of halogens is 2. The predicted octanol–water partition coefficient (Wildman–Crippen LogP) is 4.26. The van der Waals surface area contributed by atoms with Crippen LogP contribution in [0.3, 0.4) is 0 Å². The van der Waals surface area contributed by atoms with Crippen molar-refractivity contribution in [3.8, 4) is 6.07 Å². The zero-order chi connectivity index (χ0) is 24.2. The van der Waals surface area contributed by atoms with Crippen LogP contribution in [0.15, 0.2) is 54.4 Å². The van der Waals surface area contributed by atoms with E-state index in [4.69, 9.17) is 5.26 Å². The number of benzene rings is 2. The fourth-order valence-corrected chi connectivity index (χ4v) is 6.33. The third-order valence-corrected chi connectivity index (χ3v) is 8.37. The summed E-state index contributed by atoms with van der Waals surface area (Å²) in [6.45, 7) is 3.18. The van der Waals surface area contributed by atoms with E-state index in [0.717, 1.165) is 12.1 Å². The van der Waals surface area contributed by atoms with E-state index >= 15 is 4.39 Å². The van der Waals surface area contributed by atoms with Crippen molar-refractivity contribution in [2.24, 2.45) is 0 Å². The van der Waals surface area contributed by atoms with Gasteiger partial charge < -0.3 is 10.6 Å². The molecule has 1 fully saturated rings. The van der Waals surface area contributed by atoms with E-state index in [2.05, 4.69) is 10.6 Å². The molecule has 2 N–H and O–H groups in total. The van der Waals surface area contributed by atoms with Gasteiger partial charge in [-0.3, -0.25) is 0 Å². The maximum absolute atomic E-state index is 15.0. The number of allylic oxidation sites excluding steroid dienone is 1. The van der Waals surface area contributed by atoms with Crippen LogP contribution in [-0.2, 0) is 16.6 Å². The number of hydrogen-bond donors (Lipinski definition) is 2. The SMILES string of the molecule is CNC(=CC#N)NC(C)c1cc(F)c(CN2[C@@H](C)CC[C@H](c3ccccc3)S2(=O)=O)cc1F. The molecule has 1 heterocycles. The second kappa shape index (κ2) is 10.3. The van der Waals surface area contributed by atoms with Gasteiger partial charge in [0.05, 0.1) is 18.2 Å². The van der Waals surface area contributed by atoms with Gasteiger partial charge in [0.25, 0.3) is 0 Å². The molecule has 0 bridgehead atoms. The monoisotopic (exact) mass is 474 g/mol. The summed E-state index contributed by atoms with van der Waals surface area (Å²) < 4.78 is 58.0. The van der Waals surface area contributed by atoms with Crippen molar-refractivity contribution in [1.29, 1.82) is 5.26 Å². The minimum absolute atomic E-state index is 0.0195. The van der Waals surface area contributed by atoms with Crippen LogP contribution >= 0.6 is 0 Å². The number of hydrogen-bond acceptors (Lipinski definition) is 5. The summed E-state index contributed by atoms with van der Waals surface area (Å²) in [4.78, 5) is 0. The van der Waals surface area contributed by atoms with Crippen LogP contribution in [0.1, 0.15) is 54.7 Å². The Hall–Kier alpha value is -2.96. The van der Waals surface area contributed by atoms with E-state index in [1.165, 1.54) is 10.4 Å². The maximum Gasteiger partial charge on any atom is 0.221 e. The van der Waals surface area contributed by atoms with Gasteiger partial charge in [0.15, 0.2) is 0 Å². The molecule has 0 amide bonds. The topological polar surface area (TPSA) is 85.2 Å². The van der Waals surface area contributed by atoms with Gasteiger partial charge >= 0.3 is 0 Å². The average Bonchev–Trinajstić information content (AvgIpc) is 2.78. The molecule has 176 valence electrons. The Balaban J connectivity index is 1.87. The van der Waals surface area contributed by atoms with Crippen LogP contribution in [-0.4, -0.2) is 25.8 Å². The minimum atomic E-state index is -3.76. The molecule has 33 heavy (non-hydrogen) atoms. The van der Waals surface area contributed by atoms with Gasteiger partial charge in [-0.15, -0.1) is 0 Å². The number of nitrogens with one attached hydrogen (secondary N) is 2. The van der Waals surface area contributed by atoms with Gasteiger partial charge in [-0.1, -0.05) is 30.3 Å². The van der Waals surface area contributed by atoms with E-state index in [1.54, 1.807) is 45.2 Å². The number of nitriles is 1. The van der Waals surface area contributed by atoms with Crippen LogP contribution in [0.25, 0.3) is 0 Å². The maximum atomic E-state index is 15.0. The first-order chi connectivity index (χ1) is 15.7. The third kappa shape index (κ3) is 5.34. The number of rotatable bonds is 7. The summed E-state index contributed by atoms with van der Waals surface area (Å²) >= 11 is 0. The lowest BCUT2D eigenvalue weighted by Crippen LogP contribution is -2.44. The van der Waals surface area contributed by atoms with Crippen LogP contribution in [0.4, 0.5) is 8.78 Å². The van der Waals surface area contributed by atoms with Crippen LogP contribution in [0.5, 0.6) is 0 Å². The minimum Gasteiger partial charge on any atom is -0.374 e. The fraction of sp³-hybridized carbons (Fsp3) is 0.375. The lowest BCUT2D eigenvalue weighted by atomic mass is 10.0. The van der Waals surface area contributed by atoms with E-state index in [1.807, 2.05) is 12.1 Å². The summed E-state index contributed by atoms with van der Waals surface area (Å²) in [6.07, 6.45) is 2.33. The highest BCUT2D eigenvalue weighted by Crippen LogP contribution is 2.38. The Bertz CT molecular complexity index is 1160. The molecule has 0 aromatic heterocycles. The first kappa shape index (κ1) is 24.7. The van der Waals surface area contributed by atoms with Crippen molar-refractivity contribution in [3.63, 3.8) is 0 Å². The normalized spacial score (nSPS) is 21.8. The molecule has 0 spiro atoms. The Kier molecular flexibility index (Phi) is 7.72. The van der Waals surface area contributed by atoms with E-state index in [9.17, 15) is 12.8 Å². The van der Waals surface area contributed by atoms with Gasteiger partial charge in [0, 0.05) is 30.8 Å². The smallest absolute Gasteiger partial charge is 0.221 e. The van der Waals surface area contributed by atoms with E-state index in [0.29, 0.717) is 24.2 Å². The zero-order valence-electron chi connectivity index (χ0n) is 18.8. The first-order valence-electron chi connectivity index (χ1n) is 10.8. The van der Waals surface area contributed by atoms with Gasteiger partial charge in [-0.05, 0) is 44.4 Å². The van der Waals surface area contributed by atoms with Gasteiger partial charge in [-0.25, -0.2) is 17.2 Å². The quantitative estimate of drug-likeness (QED) is 0.586. The second-order valence-corrected chi connectivity index (χ2v) is 10.3. The van der Waals surface area contributed by atoms with Crippen molar-refractivity contribution in [2.45, 2.75) is 50.6 Å². The Morgan fingerprint density at radius 1 is 1.24 bits per heavy atom. The molecule has 6 nitrogen and oxygen atoms in total. The highest BCUT2D eigenvalue weighted by Gasteiger charge is 2.40. The van der Waals surface area contributed by atoms with Crippen molar-refractivity contribution < 1.29 is 17.2 Å². The molecule has 0 radical (unpaired) electrons. The van der Waals surface area contributed by atoms with Crippen molar-refractivity contribution in [2.75, 3.05) is 7.05 Å². The van der Waals surface area contributed by atoms with Crippen molar-refractivity contribution >= 4 is 10.0 Å². The Morgan fingerprint density at radius 3 is 2.58 bits per heavy atom. The molecule has 3 atom stereocenters. The molecule has 1 unspecified atom stereocenters. The average molecular weight is 475 g/mol. The van der Waals surface area contributed by atoms with Gasteiger partial charge in [-0.2, -0.15) is 9.57 Å². The first-order valence-corrected chi connectivity index (χ1v) is 12.3. The molecule has 0 aliphatic carbocycles. The molecule has 1 saturated heterocycles. The standard InChI is InChI=1S/C24H28F2N4O2S/c1-16-9-10-23(18-7-5-4-6-8-18)33(31,32)30(16)15-19-13-22(26)20(14-21(19)25)17(2)29-24(28-3)11-12-27/h4-8,11,13-14,16-17,23,28-29H,9-10,15H2,1-3H3/t16-,17?,23+/m0/s1. The molecule has 1 aliphatic heterocycles. The van der Waals surface area contributed by atoms with Crippen LogP contribution in [0.2, 0.25) is 0 Å². The summed E-state index contributed by atoms with van der Waals surface area (Å²) in [7, 11) is -2.16. The number of nitrogens with zero attached hydrogens (tertiary/aromatic N) is 2. The molecule has 2 aromatic carbocycles.